The van der Waals surface area contributed by atoms with E-state index in [0.29, 0.717) is 0 Å². The molecule has 0 spiro atoms. The van der Waals surface area contributed by atoms with Crippen molar-refractivity contribution in [1.29, 1.82) is 0 Å². The smallest absolute Gasteiger partial charge is 0.416 e. The fraction of sp³-hybridized carbons (Fsp3) is 0.143. The summed E-state index contributed by atoms with van der Waals surface area (Å²) < 4.78 is 48.7. The van der Waals surface area contributed by atoms with E-state index < -0.39 is 17.7 Å². The van der Waals surface area contributed by atoms with E-state index in [4.69, 9.17) is 10.5 Å². The number of ether oxygens (including phenoxy) is 2. The number of hydrogen-bond acceptors (Lipinski definition) is 5. The third-order valence-electron chi connectivity index (χ3n) is 2.78. The first-order valence-electron chi connectivity index (χ1n) is 6.33. The molecule has 3 N–H and O–H groups in total. The van der Waals surface area contributed by atoms with E-state index in [2.05, 4.69) is 22.3 Å². The monoisotopic (exact) mass is 376 g/mol. The van der Waals surface area contributed by atoms with Gasteiger partial charge in [0.25, 0.3) is 0 Å². The van der Waals surface area contributed by atoms with Crippen LogP contribution in [-0.2, 0) is 10.9 Å². The molecular weight excluding hydrogens is 365 g/mol. The van der Waals surface area contributed by atoms with Crippen molar-refractivity contribution in [2.24, 2.45) is 5.73 Å². The largest absolute Gasteiger partial charge is 0.465 e. The Hall–Kier alpha value is -2.33. The summed E-state index contributed by atoms with van der Waals surface area (Å²) in [6.07, 6.45) is -4.54. The number of thiophene rings is 1. The lowest BCUT2D eigenvalue weighted by atomic mass is 10.1. The lowest BCUT2D eigenvalue weighted by Crippen LogP contribution is -2.20. The Kier molecular flexibility index (Phi) is 5.30. The van der Waals surface area contributed by atoms with Crippen molar-refractivity contribution in [3.63, 3.8) is 0 Å². The van der Waals surface area contributed by atoms with Crippen molar-refractivity contribution in [2.45, 2.75) is 6.18 Å². The highest BCUT2D eigenvalue weighted by Gasteiger charge is 2.31. The van der Waals surface area contributed by atoms with E-state index in [9.17, 15) is 18.0 Å². The standard InChI is InChI=1S/C14H11F3N2O3S2/c1-21-12(20)11-10(4-5-24-11)22-9-3-2-7(14(15,16)17)6-8(9)19-13(18)23/h2-6H,1H3,(H3,18,19,23). The van der Waals surface area contributed by atoms with E-state index >= 15 is 0 Å². The second kappa shape index (κ2) is 7.05. The van der Waals surface area contributed by atoms with Gasteiger partial charge in [-0.1, -0.05) is 0 Å². The lowest BCUT2D eigenvalue weighted by molar-refractivity contribution is -0.137. The fourth-order valence-electron chi connectivity index (χ4n) is 1.76. The molecule has 1 aromatic heterocycles. The maximum atomic E-state index is 12.8. The van der Waals surface area contributed by atoms with E-state index in [-0.39, 0.29) is 27.2 Å². The number of anilines is 1. The summed E-state index contributed by atoms with van der Waals surface area (Å²) in [4.78, 5) is 11.8. The zero-order valence-electron chi connectivity index (χ0n) is 12.1. The van der Waals surface area contributed by atoms with Gasteiger partial charge in [0.2, 0.25) is 0 Å². The number of rotatable bonds is 4. The van der Waals surface area contributed by atoms with Gasteiger partial charge in [0, 0.05) is 0 Å². The van der Waals surface area contributed by atoms with Crippen molar-refractivity contribution in [1.82, 2.24) is 0 Å². The first-order valence-corrected chi connectivity index (χ1v) is 7.62. The van der Waals surface area contributed by atoms with E-state index in [1.54, 1.807) is 5.38 Å². The first-order chi connectivity index (χ1) is 11.2. The predicted molar refractivity (Wildman–Crippen MR) is 87.6 cm³/mol. The normalized spacial score (nSPS) is 11.0. The Labute approximate surface area is 144 Å². The Bertz CT molecular complexity index is 775. The molecule has 10 heteroatoms. The van der Waals surface area contributed by atoms with E-state index in [0.717, 1.165) is 29.5 Å². The van der Waals surface area contributed by atoms with Crippen molar-refractivity contribution in [3.05, 3.63) is 40.1 Å². The third-order valence-corrected chi connectivity index (χ3v) is 3.76. The zero-order chi connectivity index (χ0) is 17.9. The highest BCUT2D eigenvalue weighted by molar-refractivity contribution is 7.80. The predicted octanol–water partition coefficient (Wildman–Crippen LogP) is 4.00. The SMILES string of the molecule is COC(=O)c1sccc1Oc1ccc(C(F)(F)F)cc1NC(N)=S. The van der Waals surface area contributed by atoms with Crippen LogP contribution in [0.3, 0.4) is 0 Å². The number of nitrogens with two attached hydrogens (primary N) is 1. The quantitative estimate of drug-likeness (QED) is 0.621. The number of hydrogen-bond donors (Lipinski definition) is 2. The molecule has 1 aromatic carbocycles. The van der Waals surface area contributed by atoms with Gasteiger partial charge < -0.3 is 20.5 Å². The minimum absolute atomic E-state index is 0.0272. The van der Waals surface area contributed by atoms with E-state index in [1.165, 1.54) is 13.2 Å². The maximum Gasteiger partial charge on any atom is 0.416 e. The number of methoxy groups -OCH3 is 1. The molecule has 0 fully saturated rings. The lowest BCUT2D eigenvalue weighted by Gasteiger charge is -2.15. The topological polar surface area (TPSA) is 73.6 Å². The average molecular weight is 376 g/mol. The summed E-state index contributed by atoms with van der Waals surface area (Å²) in [5.74, 6) is -0.437. The molecule has 5 nitrogen and oxygen atoms in total. The summed E-state index contributed by atoms with van der Waals surface area (Å²) in [5.41, 5.74) is 4.37. The summed E-state index contributed by atoms with van der Waals surface area (Å²) in [6, 6.07) is 4.28. The molecule has 0 bridgehead atoms. The number of carbonyl (C=O) groups is 1. The Balaban J connectivity index is 2.41. The van der Waals surface area contributed by atoms with Gasteiger partial charge >= 0.3 is 12.1 Å². The minimum Gasteiger partial charge on any atom is -0.465 e. The molecule has 1 heterocycles. The van der Waals surface area contributed by atoms with Crippen molar-refractivity contribution < 1.29 is 27.4 Å². The van der Waals surface area contributed by atoms with Crippen LogP contribution in [0, 0.1) is 0 Å². The van der Waals surface area contributed by atoms with Gasteiger partial charge in [0.1, 0.15) is 0 Å². The Morgan fingerprint density at radius 2 is 2.00 bits per heavy atom. The van der Waals surface area contributed by atoms with Gasteiger partial charge in [0.15, 0.2) is 21.5 Å². The van der Waals surface area contributed by atoms with Crippen LogP contribution in [-0.4, -0.2) is 18.2 Å². The molecule has 0 aliphatic carbocycles. The third kappa shape index (κ3) is 4.15. The van der Waals surface area contributed by atoms with Gasteiger partial charge in [-0.2, -0.15) is 13.2 Å². The van der Waals surface area contributed by atoms with E-state index in [1.807, 2.05) is 0 Å². The second-order valence-electron chi connectivity index (χ2n) is 4.41. The molecule has 0 atom stereocenters. The first kappa shape index (κ1) is 18.0. The van der Waals surface area contributed by atoms with Crippen LogP contribution >= 0.6 is 23.6 Å². The molecule has 0 aliphatic rings. The molecule has 0 saturated carbocycles. The highest BCUT2D eigenvalue weighted by atomic mass is 32.1. The molecule has 0 radical (unpaired) electrons. The Morgan fingerprint density at radius 3 is 2.58 bits per heavy atom. The van der Waals surface area contributed by atoms with Crippen LogP contribution in [0.4, 0.5) is 18.9 Å². The van der Waals surface area contributed by atoms with Gasteiger partial charge in [-0.25, -0.2) is 4.79 Å². The molecule has 2 rings (SSSR count). The summed E-state index contributed by atoms with van der Waals surface area (Å²) in [5, 5.41) is 3.80. The van der Waals surface area contributed by atoms with Crippen molar-refractivity contribution in [3.8, 4) is 11.5 Å². The van der Waals surface area contributed by atoms with Crippen LogP contribution < -0.4 is 15.8 Å². The highest BCUT2D eigenvalue weighted by Crippen LogP contribution is 2.38. The number of alkyl halides is 3. The summed E-state index contributed by atoms with van der Waals surface area (Å²) in [7, 11) is 1.21. The van der Waals surface area contributed by atoms with Gasteiger partial charge in [0.05, 0.1) is 18.4 Å². The summed E-state index contributed by atoms with van der Waals surface area (Å²) >= 11 is 5.74. The van der Waals surface area contributed by atoms with Crippen LogP contribution in [0.25, 0.3) is 0 Å². The Morgan fingerprint density at radius 1 is 1.29 bits per heavy atom. The zero-order valence-corrected chi connectivity index (χ0v) is 13.8. The average Bonchev–Trinajstić information content (AvgIpc) is 2.94. The van der Waals surface area contributed by atoms with Gasteiger partial charge in [-0.15, -0.1) is 11.3 Å². The number of benzene rings is 1. The van der Waals surface area contributed by atoms with Crippen molar-refractivity contribution in [2.75, 3.05) is 12.4 Å². The molecule has 0 aliphatic heterocycles. The number of esters is 1. The fourth-order valence-corrected chi connectivity index (χ4v) is 2.61. The number of thiocarbonyl (C=S) groups is 1. The second-order valence-corrected chi connectivity index (χ2v) is 5.76. The number of nitrogens with one attached hydrogen (secondary N) is 1. The molecule has 2 aromatic rings. The minimum atomic E-state index is -4.54. The van der Waals surface area contributed by atoms with Gasteiger partial charge in [-0.05, 0) is 41.9 Å². The number of halogens is 3. The van der Waals surface area contributed by atoms with Crippen LogP contribution in [0.5, 0.6) is 11.5 Å². The van der Waals surface area contributed by atoms with Crippen molar-refractivity contribution >= 4 is 40.3 Å². The molecular formula is C14H11F3N2O3S2. The molecule has 0 saturated heterocycles. The van der Waals surface area contributed by atoms with Gasteiger partial charge in [-0.3, -0.25) is 0 Å². The molecule has 0 amide bonds. The molecule has 0 unspecified atom stereocenters. The van der Waals surface area contributed by atoms with Crippen LogP contribution in [0.2, 0.25) is 0 Å². The maximum absolute atomic E-state index is 12.8. The number of carbonyl (C=O) groups excluding carboxylic acids is 1. The summed E-state index contributed by atoms with van der Waals surface area (Å²) in [6.45, 7) is 0. The van der Waals surface area contributed by atoms with Crippen LogP contribution in [0.1, 0.15) is 15.2 Å². The molecule has 24 heavy (non-hydrogen) atoms. The van der Waals surface area contributed by atoms with Crippen LogP contribution in [0.15, 0.2) is 29.6 Å². The molecule has 128 valence electrons.